The molecule has 0 N–H and O–H groups in total. The fourth-order valence-electron chi connectivity index (χ4n) is 9.70. The second-order valence-electron chi connectivity index (χ2n) is 16.5. The predicted octanol–water partition coefficient (Wildman–Crippen LogP) is 16.3. The molecule has 9 aromatic carbocycles. The minimum absolute atomic E-state index is 0.121. The van der Waals surface area contributed by atoms with Gasteiger partial charge in [-0.1, -0.05) is 141 Å². The van der Waals surface area contributed by atoms with Crippen LogP contribution >= 0.6 is 0 Å². The summed E-state index contributed by atoms with van der Waals surface area (Å²) in [6, 6.07) is 71.8. The Balaban J connectivity index is 0.989. The van der Waals surface area contributed by atoms with Crippen LogP contribution in [-0.4, -0.2) is 0 Å². The van der Waals surface area contributed by atoms with Crippen molar-refractivity contribution in [1.29, 1.82) is 0 Å². The average molecular weight is 770 g/mol. The van der Waals surface area contributed by atoms with Gasteiger partial charge in [-0.2, -0.15) is 0 Å². The molecule has 0 aliphatic heterocycles. The van der Waals surface area contributed by atoms with E-state index in [-0.39, 0.29) is 5.41 Å². The Kier molecular flexibility index (Phi) is 7.58. The van der Waals surface area contributed by atoms with Crippen LogP contribution in [0.15, 0.2) is 209 Å². The summed E-state index contributed by atoms with van der Waals surface area (Å²) in [5.74, 6) is 0. The number of nitrogens with zero attached hydrogens (tertiary/aromatic N) is 1. The van der Waals surface area contributed by atoms with E-state index in [4.69, 9.17) is 8.83 Å². The van der Waals surface area contributed by atoms with Crippen molar-refractivity contribution < 1.29 is 8.83 Å². The van der Waals surface area contributed by atoms with Crippen molar-refractivity contribution in [3.63, 3.8) is 0 Å². The third kappa shape index (κ3) is 5.29. The van der Waals surface area contributed by atoms with Crippen molar-refractivity contribution in [2.45, 2.75) is 19.3 Å². The fraction of sp³-hybridized carbons (Fsp3) is 0.0526. The van der Waals surface area contributed by atoms with Crippen LogP contribution < -0.4 is 4.90 Å². The molecule has 0 saturated heterocycles. The van der Waals surface area contributed by atoms with Gasteiger partial charge in [-0.25, -0.2) is 0 Å². The smallest absolute Gasteiger partial charge is 0.143 e. The highest BCUT2D eigenvalue weighted by atomic mass is 16.3. The molecule has 0 saturated carbocycles. The molecule has 2 heterocycles. The van der Waals surface area contributed by atoms with Gasteiger partial charge in [0.25, 0.3) is 0 Å². The van der Waals surface area contributed by atoms with E-state index < -0.39 is 0 Å². The van der Waals surface area contributed by atoms with E-state index >= 15 is 0 Å². The number of para-hydroxylation sites is 3. The van der Waals surface area contributed by atoms with Crippen LogP contribution in [0.5, 0.6) is 0 Å². The maximum absolute atomic E-state index is 6.90. The van der Waals surface area contributed by atoms with Crippen molar-refractivity contribution in [2.24, 2.45) is 0 Å². The molecule has 1 aliphatic rings. The molecule has 2 aromatic heterocycles. The first-order chi connectivity index (χ1) is 29.5. The molecule has 0 atom stereocenters. The van der Waals surface area contributed by atoms with Crippen LogP contribution in [0.2, 0.25) is 0 Å². The number of anilines is 3. The molecule has 1 aliphatic carbocycles. The zero-order chi connectivity index (χ0) is 40.0. The summed E-state index contributed by atoms with van der Waals surface area (Å²) in [6.07, 6.45) is 0. The lowest BCUT2D eigenvalue weighted by molar-refractivity contribution is 0.660. The minimum atomic E-state index is -0.121. The summed E-state index contributed by atoms with van der Waals surface area (Å²) >= 11 is 0. The summed E-state index contributed by atoms with van der Waals surface area (Å²) in [6.45, 7) is 4.68. The summed E-state index contributed by atoms with van der Waals surface area (Å²) < 4.78 is 13.3. The first-order valence-electron chi connectivity index (χ1n) is 20.7. The molecular formula is C57H39NO2. The monoisotopic (exact) mass is 769 g/mol. The van der Waals surface area contributed by atoms with Crippen molar-refractivity contribution in [2.75, 3.05) is 4.90 Å². The van der Waals surface area contributed by atoms with E-state index in [0.29, 0.717) is 0 Å². The maximum atomic E-state index is 6.90. The largest absolute Gasteiger partial charge is 0.456 e. The van der Waals surface area contributed by atoms with Gasteiger partial charge < -0.3 is 13.7 Å². The Bertz CT molecular complexity index is 3390. The normalized spacial score (nSPS) is 13.0. The zero-order valence-electron chi connectivity index (χ0n) is 33.3. The molecule has 0 radical (unpaired) electrons. The number of hydrogen-bond donors (Lipinski definition) is 0. The summed E-state index contributed by atoms with van der Waals surface area (Å²) in [5.41, 5.74) is 18.9. The molecule has 3 nitrogen and oxygen atoms in total. The van der Waals surface area contributed by atoms with Gasteiger partial charge in [0.1, 0.15) is 22.3 Å². The first-order valence-corrected chi connectivity index (χ1v) is 20.7. The van der Waals surface area contributed by atoms with Crippen LogP contribution in [0.3, 0.4) is 0 Å². The van der Waals surface area contributed by atoms with Gasteiger partial charge in [0.2, 0.25) is 0 Å². The van der Waals surface area contributed by atoms with Crippen molar-refractivity contribution >= 4 is 60.9 Å². The standard InChI is InChI=1S/C57H39NO2/c1-57(2)49-19-11-9-17-44(49)45-30-27-39(35-50(45)57)47-33-40(34-48-55-53(60-56(47)48)32-31-52-54(55)46-18-10-12-20-51(46)59-52)38-23-21-36(22-24-38)37-25-28-43(29-26-37)58(41-13-5-3-6-14-41)42-15-7-4-8-16-42/h3-35H,1-2H3. The first kappa shape index (κ1) is 34.4. The maximum Gasteiger partial charge on any atom is 0.143 e. The molecule has 11 aromatic rings. The van der Waals surface area contributed by atoms with Gasteiger partial charge in [-0.3, -0.25) is 0 Å². The predicted molar refractivity (Wildman–Crippen MR) is 250 cm³/mol. The Hall–Kier alpha value is -7.62. The van der Waals surface area contributed by atoms with Gasteiger partial charge in [-0.05, 0) is 123 Å². The van der Waals surface area contributed by atoms with Crippen LogP contribution in [0.25, 0.3) is 88.4 Å². The van der Waals surface area contributed by atoms with E-state index in [1.807, 2.05) is 18.2 Å². The number of rotatable bonds is 6. The second kappa shape index (κ2) is 13.2. The number of hydrogen-bond acceptors (Lipinski definition) is 3. The molecule has 60 heavy (non-hydrogen) atoms. The van der Waals surface area contributed by atoms with Gasteiger partial charge in [-0.15, -0.1) is 0 Å². The fourth-order valence-corrected chi connectivity index (χ4v) is 9.70. The number of fused-ring (bicyclic) bond motifs is 10. The highest BCUT2D eigenvalue weighted by molar-refractivity contribution is 6.27. The molecule has 0 unspecified atom stereocenters. The van der Waals surface area contributed by atoms with Crippen LogP contribution in [-0.2, 0) is 5.41 Å². The number of furan rings is 2. The van der Waals surface area contributed by atoms with Crippen molar-refractivity contribution in [1.82, 2.24) is 0 Å². The van der Waals surface area contributed by atoms with Gasteiger partial charge in [0.05, 0.1) is 0 Å². The summed E-state index contributed by atoms with van der Waals surface area (Å²) in [5, 5.41) is 4.35. The summed E-state index contributed by atoms with van der Waals surface area (Å²) in [7, 11) is 0. The Morgan fingerprint density at radius 3 is 1.60 bits per heavy atom. The Morgan fingerprint density at radius 2 is 0.883 bits per heavy atom. The summed E-state index contributed by atoms with van der Waals surface area (Å²) in [4.78, 5) is 2.29. The molecular weight excluding hydrogens is 731 g/mol. The lowest BCUT2D eigenvalue weighted by atomic mass is 9.81. The van der Waals surface area contributed by atoms with Crippen LogP contribution in [0, 0.1) is 0 Å². The molecule has 0 bridgehead atoms. The topological polar surface area (TPSA) is 29.5 Å². The van der Waals surface area contributed by atoms with E-state index in [2.05, 4.69) is 201 Å². The van der Waals surface area contributed by atoms with E-state index in [1.165, 1.54) is 33.4 Å². The second-order valence-corrected chi connectivity index (χ2v) is 16.5. The van der Waals surface area contributed by atoms with Crippen LogP contribution in [0.4, 0.5) is 17.1 Å². The van der Waals surface area contributed by atoms with Gasteiger partial charge >= 0.3 is 0 Å². The van der Waals surface area contributed by atoms with E-state index in [9.17, 15) is 0 Å². The lowest BCUT2D eigenvalue weighted by Crippen LogP contribution is -2.14. The van der Waals surface area contributed by atoms with Crippen molar-refractivity contribution in [3.8, 4) is 44.5 Å². The van der Waals surface area contributed by atoms with Crippen molar-refractivity contribution in [3.05, 3.63) is 211 Å². The van der Waals surface area contributed by atoms with Crippen LogP contribution in [0.1, 0.15) is 25.0 Å². The molecule has 3 heteroatoms. The quantitative estimate of drug-likeness (QED) is 0.169. The third-order valence-electron chi connectivity index (χ3n) is 12.7. The Morgan fingerprint density at radius 1 is 0.350 bits per heavy atom. The molecule has 12 rings (SSSR count). The molecule has 0 spiro atoms. The molecule has 284 valence electrons. The SMILES string of the molecule is CC1(C)c2ccccc2-c2ccc(-c3cc(-c4ccc(-c5ccc(N(c6ccccc6)c6ccccc6)cc5)cc4)cc4c3oc3ccc5oc6ccccc6c5c34)cc21. The van der Waals surface area contributed by atoms with Gasteiger partial charge in [0.15, 0.2) is 0 Å². The highest BCUT2D eigenvalue weighted by Crippen LogP contribution is 2.51. The highest BCUT2D eigenvalue weighted by Gasteiger charge is 2.35. The lowest BCUT2D eigenvalue weighted by Gasteiger charge is -2.25. The van der Waals surface area contributed by atoms with Gasteiger partial charge in [0, 0.05) is 49.6 Å². The zero-order valence-corrected chi connectivity index (χ0v) is 33.3. The average Bonchev–Trinajstić information content (AvgIpc) is 3.94. The minimum Gasteiger partial charge on any atom is -0.456 e. The molecule has 0 amide bonds. The van der Waals surface area contributed by atoms with E-state index in [0.717, 1.165) is 83.2 Å². The third-order valence-corrected chi connectivity index (χ3v) is 12.7. The number of benzene rings is 9. The molecule has 0 fully saturated rings. The Labute approximate surface area is 348 Å². The van der Waals surface area contributed by atoms with E-state index in [1.54, 1.807) is 0 Å².